The van der Waals surface area contributed by atoms with E-state index in [2.05, 4.69) is 20.9 Å². The molecule has 0 saturated carbocycles. The van der Waals surface area contributed by atoms with Crippen molar-refractivity contribution in [1.82, 2.24) is 9.55 Å². The molecule has 0 amide bonds. The van der Waals surface area contributed by atoms with Crippen molar-refractivity contribution in [3.05, 3.63) is 61.3 Å². The van der Waals surface area contributed by atoms with Crippen LogP contribution in [0.4, 0.5) is 0 Å². The Kier molecular flexibility index (Phi) is 4.60. The van der Waals surface area contributed by atoms with Crippen LogP contribution in [-0.2, 0) is 13.5 Å². The van der Waals surface area contributed by atoms with E-state index in [4.69, 9.17) is 23.2 Å². The summed E-state index contributed by atoms with van der Waals surface area (Å²) in [5.74, 6) is -0.319. The van der Waals surface area contributed by atoms with Crippen molar-refractivity contribution >= 4 is 56.1 Å². The van der Waals surface area contributed by atoms with E-state index >= 15 is 0 Å². The summed E-state index contributed by atoms with van der Waals surface area (Å²) in [5.41, 5.74) is 3.54. The first-order valence-corrected chi connectivity index (χ1v) is 8.66. The number of aryl methyl sites for hydroxylation is 2. The number of nitrogens with zero attached hydrogens (tertiary/aromatic N) is 2. The number of fused-ring (bicyclic) bond motifs is 1. The maximum absolute atomic E-state index is 11.3. The number of hydrogen-bond donors (Lipinski definition) is 1. The zero-order chi connectivity index (χ0) is 17.6. The van der Waals surface area contributed by atoms with Crippen molar-refractivity contribution in [2.24, 2.45) is 7.05 Å². The van der Waals surface area contributed by atoms with Crippen molar-refractivity contribution in [2.75, 3.05) is 0 Å². The minimum absolute atomic E-state index is 0.0359. The van der Waals surface area contributed by atoms with Crippen LogP contribution in [-0.4, -0.2) is 20.6 Å². The largest absolute Gasteiger partial charge is 0.478 e. The van der Waals surface area contributed by atoms with E-state index in [1.807, 2.05) is 30.7 Å². The summed E-state index contributed by atoms with van der Waals surface area (Å²) >= 11 is 16.0. The Morgan fingerprint density at radius 2 is 2.04 bits per heavy atom. The first kappa shape index (κ1) is 17.3. The number of halogens is 3. The number of carbonyl (C=O) groups is 1. The highest BCUT2D eigenvalue weighted by molar-refractivity contribution is 9.10. The fourth-order valence-corrected chi connectivity index (χ4v) is 3.85. The van der Waals surface area contributed by atoms with E-state index in [1.165, 1.54) is 6.07 Å². The zero-order valence-corrected chi connectivity index (χ0v) is 16.0. The van der Waals surface area contributed by atoms with Crippen molar-refractivity contribution in [1.29, 1.82) is 0 Å². The van der Waals surface area contributed by atoms with Gasteiger partial charge in [0, 0.05) is 23.0 Å². The lowest BCUT2D eigenvalue weighted by Gasteiger charge is -2.09. The molecule has 3 aromatic rings. The number of rotatable bonds is 3. The standard InChI is InChI=1S/C17H13BrCl2N2O2/c1-8-5-9(18)6-13-16(8)21-14(22(13)2)7-11-12(19)4-3-10(15(11)20)17(23)24/h3-6H,7H2,1-2H3,(H,23,24). The van der Waals surface area contributed by atoms with E-state index in [9.17, 15) is 9.90 Å². The predicted molar refractivity (Wildman–Crippen MR) is 99.4 cm³/mol. The van der Waals surface area contributed by atoms with Gasteiger partial charge >= 0.3 is 5.97 Å². The number of imidazole rings is 1. The molecule has 0 fully saturated rings. The third kappa shape index (κ3) is 2.92. The van der Waals surface area contributed by atoms with Crippen molar-refractivity contribution < 1.29 is 9.90 Å². The van der Waals surface area contributed by atoms with Crippen LogP contribution in [0.5, 0.6) is 0 Å². The lowest BCUT2D eigenvalue weighted by atomic mass is 10.1. The van der Waals surface area contributed by atoms with Crippen molar-refractivity contribution in [2.45, 2.75) is 13.3 Å². The molecule has 3 rings (SSSR count). The quantitative estimate of drug-likeness (QED) is 0.621. The molecule has 0 saturated heterocycles. The van der Waals surface area contributed by atoms with Crippen LogP contribution in [0.2, 0.25) is 10.0 Å². The SMILES string of the molecule is Cc1cc(Br)cc2c1nc(Cc1c(Cl)ccc(C(=O)O)c1Cl)n2C. The van der Waals surface area contributed by atoms with Gasteiger partial charge in [-0.2, -0.15) is 0 Å². The van der Waals surface area contributed by atoms with Crippen molar-refractivity contribution in [3.63, 3.8) is 0 Å². The molecule has 0 aliphatic rings. The Morgan fingerprint density at radius 3 is 2.71 bits per heavy atom. The third-order valence-corrected chi connectivity index (χ3v) is 5.23. The van der Waals surface area contributed by atoms with Gasteiger partial charge in [-0.25, -0.2) is 9.78 Å². The number of carboxylic acid groups (broad SMARTS) is 1. The molecule has 0 aliphatic carbocycles. The highest BCUT2D eigenvalue weighted by Gasteiger charge is 2.18. The van der Waals surface area contributed by atoms with Gasteiger partial charge in [-0.15, -0.1) is 0 Å². The summed E-state index contributed by atoms with van der Waals surface area (Å²) in [4.78, 5) is 16.0. The normalized spacial score (nSPS) is 11.2. The molecule has 0 spiro atoms. The van der Waals surface area contributed by atoms with Crippen LogP contribution >= 0.6 is 39.1 Å². The first-order valence-electron chi connectivity index (χ1n) is 7.11. The van der Waals surface area contributed by atoms with Gasteiger partial charge in [-0.05, 0) is 42.3 Å². The van der Waals surface area contributed by atoms with Gasteiger partial charge in [0.25, 0.3) is 0 Å². The molecule has 4 nitrogen and oxygen atoms in total. The molecule has 1 aromatic heterocycles. The number of hydrogen-bond acceptors (Lipinski definition) is 2. The average molecular weight is 428 g/mol. The van der Waals surface area contributed by atoms with Gasteiger partial charge in [0.1, 0.15) is 5.82 Å². The summed E-state index contributed by atoms with van der Waals surface area (Å²) < 4.78 is 2.94. The smallest absolute Gasteiger partial charge is 0.337 e. The predicted octanol–water partition coefficient (Wildman–Crippen LogP) is 5.24. The molecule has 0 unspecified atom stereocenters. The third-order valence-electron chi connectivity index (χ3n) is 3.99. The number of aromatic nitrogens is 2. The Bertz CT molecular complexity index is 983. The zero-order valence-electron chi connectivity index (χ0n) is 12.9. The van der Waals surface area contributed by atoms with Crippen LogP contribution in [0.1, 0.15) is 27.3 Å². The van der Waals surface area contributed by atoms with Gasteiger partial charge < -0.3 is 9.67 Å². The second-order valence-corrected chi connectivity index (χ2v) is 7.25. The second-order valence-electron chi connectivity index (χ2n) is 5.55. The molecular weight excluding hydrogens is 415 g/mol. The van der Waals surface area contributed by atoms with Crippen LogP contribution in [0.15, 0.2) is 28.7 Å². The molecule has 1 N–H and O–H groups in total. The maximum atomic E-state index is 11.3. The molecule has 124 valence electrons. The van der Waals surface area contributed by atoms with Gasteiger partial charge in [-0.1, -0.05) is 39.1 Å². The molecule has 2 aromatic carbocycles. The van der Waals surface area contributed by atoms with Gasteiger partial charge in [0.15, 0.2) is 0 Å². The highest BCUT2D eigenvalue weighted by atomic mass is 79.9. The topological polar surface area (TPSA) is 55.1 Å². The Balaban J connectivity index is 2.14. The summed E-state index contributed by atoms with van der Waals surface area (Å²) in [6.45, 7) is 1.99. The summed E-state index contributed by atoms with van der Waals surface area (Å²) in [6.07, 6.45) is 0.348. The van der Waals surface area contributed by atoms with E-state index in [1.54, 1.807) is 6.07 Å². The fourth-order valence-electron chi connectivity index (χ4n) is 2.70. The Labute approximate surface area is 157 Å². The van der Waals surface area contributed by atoms with E-state index in [0.29, 0.717) is 17.0 Å². The molecule has 0 atom stereocenters. The molecule has 0 radical (unpaired) electrons. The molecule has 24 heavy (non-hydrogen) atoms. The summed E-state index contributed by atoms with van der Waals surface area (Å²) in [7, 11) is 1.92. The number of benzene rings is 2. The minimum atomic E-state index is -1.08. The molecule has 0 bridgehead atoms. The fraction of sp³-hybridized carbons (Fsp3) is 0.176. The second kappa shape index (κ2) is 6.39. The maximum Gasteiger partial charge on any atom is 0.337 e. The minimum Gasteiger partial charge on any atom is -0.478 e. The Morgan fingerprint density at radius 1 is 1.33 bits per heavy atom. The molecular formula is C17H13BrCl2N2O2. The molecule has 7 heteroatoms. The molecule has 1 heterocycles. The van der Waals surface area contributed by atoms with E-state index in [0.717, 1.165) is 26.9 Å². The highest BCUT2D eigenvalue weighted by Crippen LogP contribution is 2.31. The average Bonchev–Trinajstić information content (AvgIpc) is 2.80. The van der Waals surface area contributed by atoms with E-state index in [-0.39, 0.29) is 10.6 Å². The van der Waals surface area contributed by atoms with Gasteiger partial charge in [-0.3, -0.25) is 0 Å². The van der Waals surface area contributed by atoms with Crippen LogP contribution in [0, 0.1) is 6.92 Å². The van der Waals surface area contributed by atoms with Crippen molar-refractivity contribution in [3.8, 4) is 0 Å². The van der Waals surface area contributed by atoms with Crippen LogP contribution < -0.4 is 0 Å². The summed E-state index contributed by atoms with van der Waals surface area (Å²) in [6, 6.07) is 6.96. The molecule has 0 aliphatic heterocycles. The van der Waals surface area contributed by atoms with Crippen LogP contribution in [0.3, 0.4) is 0 Å². The van der Waals surface area contributed by atoms with Gasteiger partial charge in [0.2, 0.25) is 0 Å². The Hall–Kier alpha value is -1.56. The first-order chi connectivity index (χ1) is 11.3. The number of aromatic carboxylic acids is 1. The van der Waals surface area contributed by atoms with Gasteiger partial charge in [0.05, 0.1) is 21.6 Å². The lowest BCUT2D eigenvalue weighted by Crippen LogP contribution is -2.04. The van der Waals surface area contributed by atoms with Crippen LogP contribution in [0.25, 0.3) is 11.0 Å². The monoisotopic (exact) mass is 426 g/mol. The number of carboxylic acids is 1. The lowest BCUT2D eigenvalue weighted by molar-refractivity contribution is 0.0697. The van der Waals surface area contributed by atoms with E-state index < -0.39 is 5.97 Å². The summed E-state index contributed by atoms with van der Waals surface area (Å²) in [5, 5.41) is 9.81.